The largest absolute Gasteiger partial charge is 0.547 e. The molecule has 3 rings (SSSR count). The summed E-state index contributed by atoms with van der Waals surface area (Å²) in [6.45, 7) is 0.334. The van der Waals surface area contributed by atoms with Gasteiger partial charge in [0.25, 0.3) is 0 Å². The second-order valence-corrected chi connectivity index (χ2v) is 6.07. The van der Waals surface area contributed by atoms with Gasteiger partial charge in [0.2, 0.25) is 5.91 Å². The highest BCUT2D eigenvalue weighted by Crippen LogP contribution is 2.30. The Morgan fingerprint density at radius 2 is 2.12 bits per heavy atom. The van der Waals surface area contributed by atoms with E-state index in [4.69, 9.17) is 10.4 Å². The molecule has 0 aliphatic carbocycles. The van der Waals surface area contributed by atoms with Crippen LogP contribution in [-0.4, -0.2) is 40.1 Å². The van der Waals surface area contributed by atoms with E-state index in [2.05, 4.69) is 10.3 Å². The van der Waals surface area contributed by atoms with Crippen molar-refractivity contribution in [2.24, 2.45) is 5.73 Å². The molecule has 0 spiro atoms. The second kappa shape index (κ2) is 7.55. The first-order chi connectivity index (χ1) is 12.5. The SMILES string of the molecule is NCc1cncc(CC(=O)NC2Cc3cccc(C(=O)O)c3OB2O)c1. The standard InChI is InChI=1S/C17H18BN3O5/c19-7-11-4-10(8-20-9-11)5-15(22)21-14-6-12-2-1-3-13(17(23)24)16(12)26-18(14)25/h1-4,8-9,14,25H,5-7,19H2,(H,21,22)(H,23,24). The summed E-state index contributed by atoms with van der Waals surface area (Å²) in [5.74, 6) is -1.97. The number of carboxylic acids is 1. The summed E-state index contributed by atoms with van der Waals surface area (Å²) in [6, 6.07) is 6.52. The third kappa shape index (κ3) is 3.84. The quantitative estimate of drug-likeness (QED) is 0.551. The summed E-state index contributed by atoms with van der Waals surface area (Å²) < 4.78 is 5.36. The third-order valence-electron chi connectivity index (χ3n) is 4.15. The highest BCUT2D eigenvalue weighted by molar-refractivity contribution is 6.47. The first-order valence-corrected chi connectivity index (χ1v) is 8.10. The number of rotatable bonds is 5. The Morgan fingerprint density at radius 1 is 1.35 bits per heavy atom. The summed E-state index contributed by atoms with van der Waals surface area (Å²) >= 11 is 0. The molecule has 1 amide bonds. The van der Waals surface area contributed by atoms with Gasteiger partial charge in [-0.1, -0.05) is 18.2 Å². The van der Waals surface area contributed by atoms with Gasteiger partial charge < -0.3 is 25.8 Å². The Morgan fingerprint density at radius 3 is 2.85 bits per heavy atom. The summed E-state index contributed by atoms with van der Waals surface area (Å²) in [5, 5.41) is 22.1. The van der Waals surface area contributed by atoms with Crippen molar-refractivity contribution in [2.45, 2.75) is 25.3 Å². The molecule has 0 radical (unpaired) electrons. The van der Waals surface area contributed by atoms with Crippen LogP contribution >= 0.6 is 0 Å². The van der Waals surface area contributed by atoms with Crippen LogP contribution in [0.3, 0.4) is 0 Å². The number of carboxylic acid groups (broad SMARTS) is 1. The van der Waals surface area contributed by atoms with E-state index in [0.29, 0.717) is 17.7 Å². The molecule has 1 unspecified atom stereocenters. The number of nitrogens with zero attached hydrogens (tertiary/aromatic N) is 1. The molecule has 9 heteroatoms. The smallest absolute Gasteiger partial charge is 0.534 e. The van der Waals surface area contributed by atoms with Crippen LogP contribution in [0, 0.1) is 0 Å². The minimum Gasteiger partial charge on any atom is -0.534 e. The number of carbonyl (C=O) groups is 2. The minimum absolute atomic E-state index is 0.0176. The number of nitrogens with two attached hydrogens (primary N) is 1. The highest BCUT2D eigenvalue weighted by Gasteiger charge is 2.37. The van der Waals surface area contributed by atoms with Gasteiger partial charge in [0.15, 0.2) is 0 Å². The van der Waals surface area contributed by atoms with Crippen molar-refractivity contribution >= 4 is 19.0 Å². The number of pyridine rings is 1. The summed E-state index contributed by atoms with van der Waals surface area (Å²) in [5.41, 5.74) is 7.70. The number of amides is 1. The molecule has 1 atom stereocenters. The number of hydrogen-bond acceptors (Lipinski definition) is 6. The van der Waals surface area contributed by atoms with E-state index in [0.717, 1.165) is 5.56 Å². The van der Waals surface area contributed by atoms with Gasteiger partial charge in [0.05, 0.1) is 17.9 Å². The molecule has 0 fully saturated rings. The van der Waals surface area contributed by atoms with Gasteiger partial charge >= 0.3 is 13.1 Å². The molecule has 134 valence electrons. The predicted octanol–water partition coefficient (Wildman–Crippen LogP) is -0.0794. The molecule has 5 N–H and O–H groups in total. The zero-order valence-electron chi connectivity index (χ0n) is 13.9. The maximum absolute atomic E-state index is 12.3. The normalized spacial score (nSPS) is 15.8. The van der Waals surface area contributed by atoms with E-state index < -0.39 is 19.0 Å². The zero-order valence-corrected chi connectivity index (χ0v) is 13.9. The number of hydrogen-bond donors (Lipinski definition) is 4. The van der Waals surface area contributed by atoms with Crippen molar-refractivity contribution in [3.05, 3.63) is 58.9 Å². The highest BCUT2D eigenvalue weighted by atomic mass is 16.5. The molecule has 0 saturated carbocycles. The van der Waals surface area contributed by atoms with Crippen molar-refractivity contribution in [2.75, 3.05) is 0 Å². The van der Waals surface area contributed by atoms with E-state index >= 15 is 0 Å². The van der Waals surface area contributed by atoms with Crippen LogP contribution in [0.25, 0.3) is 0 Å². The molecule has 0 saturated heterocycles. The van der Waals surface area contributed by atoms with Crippen LogP contribution in [0.2, 0.25) is 0 Å². The zero-order chi connectivity index (χ0) is 18.7. The van der Waals surface area contributed by atoms with Crippen molar-refractivity contribution in [3.63, 3.8) is 0 Å². The van der Waals surface area contributed by atoms with E-state index in [1.807, 2.05) is 0 Å². The number of carbonyl (C=O) groups excluding carboxylic acids is 1. The van der Waals surface area contributed by atoms with Crippen LogP contribution in [0.4, 0.5) is 0 Å². The lowest BCUT2D eigenvalue weighted by Crippen LogP contribution is -2.53. The van der Waals surface area contributed by atoms with Gasteiger partial charge in [-0.2, -0.15) is 0 Å². The number of nitrogens with one attached hydrogen (secondary N) is 1. The summed E-state index contributed by atoms with van der Waals surface area (Å²) in [4.78, 5) is 27.6. The van der Waals surface area contributed by atoms with E-state index in [-0.39, 0.29) is 30.1 Å². The first kappa shape index (κ1) is 17.9. The average Bonchev–Trinajstić information content (AvgIpc) is 2.61. The lowest BCUT2D eigenvalue weighted by molar-refractivity contribution is -0.120. The van der Waals surface area contributed by atoms with Gasteiger partial charge in [-0.25, -0.2) is 4.79 Å². The van der Waals surface area contributed by atoms with Gasteiger partial charge in [-0.15, -0.1) is 0 Å². The third-order valence-corrected chi connectivity index (χ3v) is 4.15. The number of aromatic nitrogens is 1. The minimum atomic E-state index is -1.33. The van der Waals surface area contributed by atoms with Crippen LogP contribution in [0.15, 0.2) is 36.7 Å². The van der Waals surface area contributed by atoms with Crippen molar-refractivity contribution in [1.29, 1.82) is 0 Å². The Balaban J connectivity index is 1.70. The van der Waals surface area contributed by atoms with Crippen molar-refractivity contribution in [1.82, 2.24) is 10.3 Å². The van der Waals surface area contributed by atoms with E-state index in [1.165, 1.54) is 6.07 Å². The molecule has 1 aromatic heterocycles. The lowest BCUT2D eigenvalue weighted by atomic mass is 9.72. The maximum Gasteiger partial charge on any atom is 0.547 e. The number of benzene rings is 1. The number of aromatic carboxylic acids is 1. The van der Waals surface area contributed by atoms with E-state index in [9.17, 15) is 19.7 Å². The fourth-order valence-corrected chi connectivity index (χ4v) is 2.91. The molecular weight excluding hydrogens is 337 g/mol. The van der Waals surface area contributed by atoms with Gasteiger partial charge in [0.1, 0.15) is 5.75 Å². The molecule has 26 heavy (non-hydrogen) atoms. The molecule has 8 nitrogen and oxygen atoms in total. The van der Waals surface area contributed by atoms with Crippen LogP contribution in [0.1, 0.15) is 27.0 Å². The molecule has 1 aliphatic rings. The van der Waals surface area contributed by atoms with Gasteiger partial charge in [-0.05, 0) is 29.2 Å². The van der Waals surface area contributed by atoms with Crippen LogP contribution in [0.5, 0.6) is 5.75 Å². The predicted molar refractivity (Wildman–Crippen MR) is 93.5 cm³/mol. The molecule has 2 aromatic rings. The molecule has 0 bridgehead atoms. The Labute approximate surface area is 150 Å². The monoisotopic (exact) mass is 355 g/mol. The molecular formula is C17H18BN3O5. The maximum atomic E-state index is 12.3. The Bertz CT molecular complexity index is 845. The second-order valence-electron chi connectivity index (χ2n) is 6.07. The van der Waals surface area contributed by atoms with Crippen molar-refractivity contribution < 1.29 is 24.4 Å². The van der Waals surface area contributed by atoms with Gasteiger partial charge in [-0.3, -0.25) is 9.78 Å². The number of para-hydroxylation sites is 1. The van der Waals surface area contributed by atoms with Crippen LogP contribution < -0.4 is 15.7 Å². The molecule has 1 aliphatic heterocycles. The summed E-state index contributed by atoms with van der Waals surface area (Å²) in [6.07, 6.45) is 3.58. The Kier molecular flexibility index (Phi) is 5.20. The first-order valence-electron chi connectivity index (χ1n) is 8.10. The van der Waals surface area contributed by atoms with Crippen LogP contribution in [-0.2, 0) is 24.2 Å². The molecule has 1 aromatic carbocycles. The van der Waals surface area contributed by atoms with E-state index in [1.54, 1.807) is 30.6 Å². The fourth-order valence-electron chi connectivity index (χ4n) is 2.91. The molecule has 2 heterocycles. The van der Waals surface area contributed by atoms with Gasteiger partial charge in [0, 0.05) is 18.9 Å². The fraction of sp³-hybridized carbons (Fsp3) is 0.235. The lowest BCUT2D eigenvalue weighted by Gasteiger charge is -2.28. The van der Waals surface area contributed by atoms with Crippen molar-refractivity contribution in [3.8, 4) is 5.75 Å². The topological polar surface area (TPSA) is 135 Å². The summed E-state index contributed by atoms with van der Waals surface area (Å²) in [7, 11) is -1.33. The Hall–Kier alpha value is -2.91. The average molecular weight is 355 g/mol. The number of fused-ring (bicyclic) bond motifs is 1.